The minimum absolute atomic E-state index is 0.212. The van der Waals surface area contributed by atoms with Gasteiger partial charge in [0, 0.05) is 20.2 Å². The van der Waals surface area contributed by atoms with Gasteiger partial charge >= 0.3 is 0 Å². The SMILES string of the molecule is Cc1ccc2sc3ccc(CC(C)C)c(CC(C)C)c3c(=O)c2c1.NC=O. The van der Waals surface area contributed by atoms with E-state index in [9.17, 15) is 4.79 Å². The monoisotopic (exact) mass is 383 g/mol. The molecule has 27 heavy (non-hydrogen) atoms. The molecule has 0 aliphatic heterocycles. The highest BCUT2D eigenvalue weighted by atomic mass is 32.1. The van der Waals surface area contributed by atoms with Gasteiger partial charge in [0.15, 0.2) is 5.43 Å². The van der Waals surface area contributed by atoms with E-state index in [1.54, 1.807) is 11.3 Å². The Morgan fingerprint density at radius 3 is 2.19 bits per heavy atom. The molecule has 0 unspecified atom stereocenters. The van der Waals surface area contributed by atoms with Gasteiger partial charge in [-0.05, 0) is 60.9 Å². The van der Waals surface area contributed by atoms with Crippen LogP contribution in [0.3, 0.4) is 0 Å². The highest BCUT2D eigenvalue weighted by Crippen LogP contribution is 2.31. The molecule has 0 aliphatic carbocycles. The zero-order valence-electron chi connectivity index (χ0n) is 16.8. The predicted octanol–water partition coefficient (Wildman–Crippen LogP) is 5.22. The zero-order chi connectivity index (χ0) is 20.1. The molecule has 3 aromatic rings. The fourth-order valence-electron chi connectivity index (χ4n) is 3.44. The number of nitrogens with two attached hydrogens (primary N) is 1. The maximum atomic E-state index is 13.3. The van der Waals surface area contributed by atoms with E-state index in [4.69, 9.17) is 4.79 Å². The van der Waals surface area contributed by atoms with Crippen molar-refractivity contribution in [2.24, 2.45) is 17.6 Å². The Hall–Kier alpha value is -2.20. The second-order valence-corrected chi connectivity index (χ2v) is 8.92. The Kier molecular flexibility index (Phi) is 7.14. The lowest BCUT2D eigenvalue weighted by atomic mass is 9.90. The lowest BCUT2D eigenvalue weighted by molar-refractivity contribution is -0.106. The molecular formula is C23H29NO2S. The lowest BCUT2D eigenvalue weighted by Crippen LogP contribution is -2.10. The molecule has 1 heterocycles. The fourth-order valence-corrected chi connectivity index (χ4v) is 4.53. The molecule has 144 valence electrons. The van der Waals surface area contributed by atoms with E-state index in [-0.39, 0.29) is 11.8 Å². The second-order valence-electron chi connectivity index (χ2n) is 7.84. The Morgan fingerprint density at radius 1 is 1.00 bits per heavy atom. The van der Waals surface area contributed by atoms with E-state index in [0.29, 0.717) is 11.8 Å². The summed E-state index contributed by atoms with van der Waals surface area (Å²) in [6.07, 6.45) is 2.26. The van der Waals surface area contributed by atoms with Gasteiger partial charge in [-0.2, -0.15) is 0 Å². The van der Waals surface area contributed by atoms with E-state index in [1.807, 2.05) is 6.07 Å². The molecule has 0 atom stereocenters. The summed E-state index contributed by atoms with van der Waals surface area (Å²) in [6.45, 7) is 11.0. The van der Waals surface area contributed by atoms with Crippen LogP contribution in [0.15, 0.2) is 35.1 Å². The van der Waals surface area contributed by atoms with E-state index >= 15 is 0 Å². The summed E-state index contributed by atoms with van der Waals surface area (Å²) in [5.41, 5.74) is 8.15. The molecule has 0 saturated carbocycles. The van der Waals surface area contributed by atoms with Crippen molar-refractivity contribution in [2.45, 2.75) is 47.5 Å². The number of amides is 1. The first-order valence-electron chi connectivity index (χ1n) is 9.41. The molecule has 3 rings (SSSR count). The van der Waals surface area contributed by atoms with Crippen LogP contribution in [0.2, 0.25) is 0 Å². The molecule has 1 amide bonds. The molecule has 0 saturated heterocycles. The van der Waals surface area contributed by atoms with Crippen molar-refractivity contribution in [3.8, 4) is 0 Å². The Balaban J connectivity index is 0.000000817. The molecule has 3 nitrogen and oxygen atoms in total. The molecule has 0 bridgehead atoms. The predicted molar refractivity (Wildman–Crippen MR) is 118 cm³/mol. The van der Waals surface area contributed by atoms with Crippen LogP contribution in [-0.4, -0.2) is 6.41 Å². The van der Waals surface area contributed by atoms with Gasteiger partial charge in [-0.3, -0.25) is 9.59 Å². The van der Waals surface area contributed by atoms with Gasteiger partial charge < -0.3 is 5.73 Å². The van der Waals surface area contributed by atoms with Crippen LogP contribution in [-0.2, 0) is 17.6 Å². The molecular weight excluding hydrogens is 354 g/mol. The maximum Gasteiger partial charge on any atom is 0.204 e. The van der Waals surface area contributed by atoms with Crippen LogP contribution < -0.4 is 11.2 Å². The summed E-state index contributed by atoms with van der Waals surface area (Å²) in [4.78, 5) is 21.9. The number of carbonyl (C=O) groups is 1. The van der Waals surface area contributed by atoms with Crippen molar-refractivity contribution in [3.05, 3.63) is 57.2 Å². The summed E-state index contributed by atoms with van der Waals surface area (Å²) in [6, 6.07) is 10.6. The van der Waals surface area contributed by atoms with Crippen molar-refractivity contribution in [2.75, 3.05) is 0 Å². The number of benzene rings is 2. The van der Waals surface area contributed by atoms with Crippen molar-refractivity contribution in [1.29, 1.82) is 0 Å². The van der Waals surface area contributed by atoms with Gasteiger partial charge in [0.05, 0.1) is 0 Å². The molecule has 0 aliphatic rings. The first kappa shape index (κ1) is 21.1. The number of aryl methyl sites for hydroxylation is 1. The van der Waals surface area contributed by atoms with Crippen LogP contribution in [0, 0.1) is 18.8 Å². The van der Waals surface area contributed by atoms with E-state index < -0.39 is 0 Å². The largest absolute Gasteiger partial charge is 0.372 e. The first-order valence-corrected chi connectivity index (χ1v) is 10.2. The molecule has 2 aromatic carbocycles. The van der Waals surface area contributed by atoms with Crippen molar-refractivity contribution in [1.82, 2.24) is 0 Å². The number of primary amides is 1. The molecule has 0 spiro atoms. The zero-order valence-corrected chi connectivity index (χ0v) is 17.7. The average Bonchev–Trinajstić information content (AvgIpc) is 2.57. The summed E-state index contributed by atoms with van der Waals surface area (Å²) >= 11 is 1.74. The third-order valence-corrected chi connectivity index (χ3v) is 5.57. The van der Waals surface area contributed by atoms with Gasteiger partial charge in [0.25, 0.3) is 0 Å². The molecule has 4 heteroatoms. The number of carbonyl (C=O) groups excluding carboxylic acids is 1. The topological polar surface area (TPSA) is 60.2 Å². The number of hydrogen-bond donors (Lipinski definition) is 1. The molecule has 0 radical (unpaired) electrons. The standard InChI is InChI=1S/C22H26OS.CH3NO/c1-13(2)10-16-7-9-20-21(17(16)11-14(3)4)22(23)18-12-15(5)6-8-19(18)24-20;2-1-3/h6-9,12-14H,10-11H2,1-5H3;1H,(H2,2,3). The maximum absolute atomic E-state index is 13.3. The van der Waals surface area contributed by atoms with E-state index in [2.05, 4.69) is 64.6 Å². The summed E-state index contributed by atoms with van der Waals surface area (Å²) < 4.78 is 2.21. The first-order chi connectivity index (χ1) is 12.8. The van der Waals surface area contributed by atoms with Crippen LogP contribution in [0.1, 0.15) is 44.4 Å². The summed E-state index contributed by atoms with van der Waals surface area (Å²) in [5.74, 6) is 1.13. The Bertz CT molecular complexity index is 1000. The van der Waals surface area contributed by atoms with E-state index in [1.165, 1.54) is 11.1 Å². The Labute approximate surface area is 165 Å². The van der Waals surface area contributed by atoms with Gasteiger partial charge in [0.2, 0.25) is 6.41 Å². The molecule has 2 N–H and O–H groups in total. The number of hydrogen-bond acceptors (Lipinski definition) is 3. The minimum Gasteiger partial charge on any atom is -0.372 e. The van der Waals surface area contributed by atoms with Crippen molar-refractivity contribution >= 4 is 37.9 Å². The molecule has 1 aromatic heterocycles. The van der Waals surface area contributed by atoms with Crippen LogP contribution in [0.4, 0.5) is 0 Å². The smallest absolute Gasteiger partial charge is 0.204 e. The Morgan fingerprint density at radius 2 is 1.59 bits per heavy atom. The van der Waals surface area contributed by atoms with Crippen LogP contribution in [0.25, 0.3) is 20.2 Å². The van der Waals surface area contributed by atoms with E-state index in [0.717, 1.165) is 38.6 Å². The number of rotatable bonds is 4. The lowest BCUT2D eigenvalue weighted by Gasteiger charge is -2.16. The van der Waals surface area contributed by atoms with Gasteiger partial charge in [0.1, 0.15) is 0 Å². The van der Waals surface area contributed by atoms with Gasteiger partial charge in [-0.1, -0.05) is 45.4 Å². The summed E-state index contributed by atoms with van der Waals surface area (Å²) in [7, 11) is 0. The highest BCUT2D eigenvalue weighted by molar-refractivity contribution is 7.24. The van der Waals surface area contributed by atoms with Gasteiger partial charge in [-0.25, -0.2) is 0 Å². The van der Waals surface area contributed by atoms with Crippen molar-refractivity contribution in [3.63, 3.8) is 0 Å². The average molecular weight is 384 g/mol. The van der Waals surface area contributed by atoms with Crippen LogP contribution in [0.5, 0.6) is 0 Å². The fraction of sp³-hybridized carbons (Fsp3) is 0.391. The van der Waals surface area contributed by atoms with Gasteiger partial charge in [-0.15, -0.1) is 11.3 Å². The highest BCUT2D eigenvalue weighted by Gasteiger charge is 2.15. The van der Waals surface area contributed by atoms with Crippen LogP contribution >= 0.6 is 11.3 Å². The minimum atomic E-state index is 0.212. The third-order valence-electron chi connectivity index (χ3n) is 4.44. The summed E-state index contributed by atoms with van der Waals surface area (Å²) in [5, 5.41) is 1.84. The second kappa shape index (κ2) is 9.14. The normalized spacial score (nSPS) is 11.1. The quantitative estimate of drug-likeness (QED) is 0.496. The van der Waals surface area contributed by atoms with Crippen molar-refractivity contribution < 1.29 is 4.79 Å². The number of fused-ring (bicyclic) bond motifs is 2. The third kappa shape index (κ3) is 4.95. The molecule has 0 fully saturated rings.